The number of halogens is 2. The molecular formula is C29H26F2N6O6. The first-order valence-electron chi connectivity index (χ1n) is 12.6. The minimum atomic E-state index is -1.48. The first-order valence-corrected chi connectivity index (χ1v) is 12.6. The van der Waals surface area contributed by atoms with E-state index in [1.165, 1.54) is 75.1 Å². The number of methoxy groups -OCH3 is 1. The molecule has 1 unspecified atom stereocenters. The van der Waals surface area contributed by atoms with Crippen molar-refractivity contribution in [3.63, 3.8) is 0 Å². The van der Waals surface area contributed by atoms with Crippen molar-refractivity contribution in [3.8, 4) is 23.3 Å². The molecule has 1 aliphatic rings. The van der Waals surface area contributed by atoms with Crippen molar-refractivity contribution in [1.29, 1.82) is 0 Å². The topological polar surface area (TPSA) is 152 Å². The second-order valence-electron chi connectivity index (χ2n) is 8.73. The van der Waals surface area contributed by atoms with Crippen LogP contribution in [-0.2, 0) is 19.2 Å². The van der Waals surface area contributed by atoms with Crippen molar-refractivity contribution in [2.24, 2.45) is 5.10 Å². The van der Waals surface area contributed by atoms with Gasteiger partial charge in [-0.25, -0.2) is 23.8 Å². The van der Waals surface area contributed by atoms with E-state index in [1.54, 1.807) is 0 Å². The molecule has 0 fully saturated rings. The van der Waals surface area contributed by atoms with Crippen molar-refractivity contribution >= 4 is 35.2 Å². The first kappa shape index (κ1) is 30.6. The normalized spacial score (nSPS) is 13.9. The number of pyridine rings is 1. The van der Waals surface area contributed by atoms with Crippen LogP contribution in [0.15, 0.2) is 71.5 Å². The highest BCUT2D eigenvalue weighted by Gasteiger charge is 2.28. The molecule has 14 heteroatoms. The molecule has 1 atom stereocenters. The molecule has 0 aliphatic carbocycles. The zero-order chi connectivity index (χ0) is 30.9. The van der Waals surface area contributed by atoms with Crippen LogP contribution in [0.25, 0.3) is 0 Å². The molecule has 0 bridgehead atoms. The number of carbonyl (C=O) groups is 2. The fraction of sp³-hybridized carbons (Fsp3) is 0.172. The lowest BCUT2D eigenvalue weighted by Crippen LogP contribution is -2.39. The van der Waals surface area contributed by atoms with Crippen molar-refractivity contribution in [2.45, 2.75) is 6.23 Å². The van der Waals surface area contributed by atoms with E-state index in [0.29, 0.717) is 5.69 Å². The third kappa shape index (κ3) is 7.68. The van der Waals surface area contributed by atoms with Gasteiger partial charge in [0.15, 0.2) is 17.8 Å². The van der Waals surface area contributed by atoms with Crippen LogP contribution in [0.3, 0.4) is 0 Å². The maximum absolute atomic E-state index is 15.1. The number of nitrogens with one attached hydrogen (secondary N) is 1. The van der Waals surface area contributed by atoms with E-state index < -0.39 is 29.7 Å². The molecule has 0 saturated heterocycles. The van der Waals surface area contributed by atoms with Gasteiger partial charge in [0.25, 0.3) is 5.91 Å². The number of aliphatic hydroxyl groups is 1. The van der Waals surface area contributed by atoms with E-state index in [9.17, 15) is 19.1 Å². The van der Waals surface area contributed by atoms with Gasteiger partial charge < -0.3 is 25.6 Å². The van der Waals surface area contributed by atoms with Gasteiger partial charge in [-0.3, -0.25) is 14.4 Å². The number of hydrazone groups is 1. The van der Waals surface area contributed by atoms with Gasteiger partial charge in [-0.15, -0.1) is 0 Å². The van der Waals surface area contributed by atoms with E-state index in [0.717, 1.165) is 16.1 Å². The number of nitrogens with zero attached hydrogens (tertiary/aromatic N) is 4. The molecular weight excluding hydrogens is 566 g/mol. The molecule has 4 N–H and O–H groups in total. The van der Waals surface area contributed by atoms with Gasteiger partial charge in [0.1, 0.15) is 22.9 Å². The average molecular weight is 593 g/mol. The molecule has 12 nitrogen and oxygen atoms in total. The maximum Gasteiger partial charge on any atom is 0.322 e. The number of hydroxylamine groups is 2. The van der Waals surface area contributed by atoms with Crippen molar-refractivity contribution in [1.82, 2.24) is 10.0 Å². The van der Waals surface area contributed by atoms with Crippen LogP contribution in [0.2, 0.25) is 0 Å². The van der Waals surface area contributed by atoms with Crippen LogP contribution in [0.1, 0.15) is 5.56 Å². The number of anilines is 3. The summed E-state index contributed by atoms with van der Waals surface area (Å²) in [7, 11) is 2.87. The number of hydrogen-bond donors (Lipinski definition) is 3. The molecule has 0 saturated carbocycles. The van der Waals surface area contributed by atoms with E-state index in [-0.39, 0.29) is 47.4 Å². The molecule has 2 heterocycles. The Morgan fingerprint density at radius 1 is 1.14 bits per heavy atom. The molecule has 4 rings (SSSR count). The van der Waals surface area contributed by atoms with Gasteiger partial charge in [0.05, 0.1) is 24.5 Å². The predicted octanol–water partition coefficient (Wildman–Crippen LogP) is 2.81. The van der Waals surface area contributed by atoms with E-state index in [2.05, 4.69) is 27.2 Å². The Labute approximate surface area is 244 Å². The number of aromatic nitrogens is 1. The summed E-state index contributed by atoms with van der Waals surface area (Å²) in [6.07, 6.45) is 2.44. The van der Waals surface area contributed by atoms with E-state index >= 15 is 4.39 Å². The number of rotatable bonds is 9. The molecule has 1 aromatic heterocycles. The number of hydrogen-bond acceptors (Lipinski definition) is 10. The quantitative estimate of drug-likeness (QED) is 0.194. The Bertz CT molecular complexity index is 1620. The summed E-state index contributed by atoms with van der Waals surface area (Å²) in [4.78, 5) is 34.3. The fourth-order valence-electron chi connectivity index (χ4n) is 3.63. The largest absolute Gasteiger partial charge is 0.453 e. The summed E-state index contributed by atoms with van der Waals surface area (Å²) in [6.45, 7) is 0.414. The van der Waals surface area contributed by atoms with Crippen molar-refractivity contribution < 1.29 is 37.8 Å². The standard InChI is InChI=1S/C29H26F2N6O6/c1-36(42-16-15-41-2)26(38)10-8-21-24(12-13-33-27(21)32)43-25-9-5-19(17-23(25)31)35-28(39)22-11-14-34-37(29(22)40)20-6-3-18(30)4-7-20/h3-7,9,11-14,17,29,40H,15-16H2,1-2H3,(H2,32,33)(H,35,39). The Kier molecular flexibility index (Phi) is 9.97. The van der Waals surface area contributed by atoms with Crippen LogP contribution < -0.4 is 20.8 Å². The monoisotopic (exact) mass is 592 g/mol. The van der Waals surface area contributed by atoms with E-state index in [4.69, 9.17) is 20.0 Å². The molecule has 2 amide bonds. The SMILES string of the molecule is COCCON(C)C(=O)C#Cc1c(Oc2ccc(NC(=O)C3=CC=NN(c4ccc(F)cc4)C3O)cc2F)ccnc1N. The highest BCUT2D eigenvalue weighted by molar-refractivity contribution is 6.07. The third-order valence-corrected chi connectivity index (χ3v) is 5.81. The highest BCUT2D eigenvalue weighted by atomic mass is 19.1. The summed E-state index contributed by atoms with van der Waals surface area (Å²) in [5.74, 6) is 1.97. The van der Waals surface area contributed by atoms with Crippen LogP contribution in [-0.4, -0.2) is 66.8 Å². The Balaban J connectivity index is 1.45. The van der Waals surface area contributed by atoms with Crippen molar-refractivity contribution in [2.75, 3.05) is 43.4 Å². The fourth-order valence-corrected chi connectivity index (χ4v) is 3.63. The molecule has 3 aromatic rings. The second-order valence-corrected chi connectivity index (χ2v) is 8.73. The van der Waals surface area contributed by atoms with Gasteiger partial charge >= 0.3 is 5.91 Å². The van der Waals surface area contributed by atoms with E-state index in [1.807, 2.05) is 0 Å². The molecule has 0 spiro atoms. The van der Waals surface area contributed by atoms with Crippen molar-refractivity contribution in [3.05, 3.63) is 83.6 Å². The zero-order valence-electron chi connectivity index (χ0n) is 23.0. The number of amides is 2. The van der Waals surface area contributed by atoms with Crippen LogP contribution >= 0.6 is 0 Å². The average Bonchev–Trinajstić information content (AvgIpc) is 2.98. The summed E-state index contributed by atoms with van der Waals surface area (Å²) >= 11 is 0. The molecule has 1 aliphatic heterocycles. The maximum atomic E-state index is 15.1. The Morgan fingerprint density at radius 3 is 2.63 bits per heavy atom. The number of aliphatic hydroxyl groups excluding tert-OH is 1. The number of allylic oxidation sites excluding steroid dienone is 1. The molecule has 2 aromatic carbocycles. The zero-order valence-corrected chi connectivity index (χ0v) is 23.0. The lowest BCUT2D eigenvalue weighted by Gasteiger charge is -2.28. The van der Waals surface area contributed by atoms with Gasteiger partial charge in [-0.05, 0) is 48.4 Å². The minimum absolute atomic E-state index is 0.0297. The summed E-state index contributed by atoms with van der Waals surface area (Å²) < 4.78 is 38.9. The highest BCUT2D eigenvalue weighted by Crippen LogP contribution is 2.31. The lowest BCUT2D eigenvalue weighted by atomic mass is 10.1. The third-order valence-electron chi connectivity index (χ3n) is 5.81. The smallest absolute Gasteiger partial charge is 0.322 e. The van der Waals surface area contributed by atoms with Crippen LogP contribution in [0.5, 0.6) is 11.5 Å². The number of nitrogens with two attached hydrogens (primary N) is 1. The molecule has 0 radical (unpaired) electrons. The summed E-state index contributed by atoms with van der Waals surface area (Å²) in [6, 6.07) is 10.2. The van der Waals surface area contributed by atoms with Gasteiger partial charge in [-0.1, -0.05) is 0 Å². The summed E-state index contributed by atoms with van der Waals surface area (Å²) in [5.41, 5.74) is 6.30. The predicted molar refractivity (Wildman–Crippen MR) is 153 cm³/mol. The van der Waals surface area contributed by atoms with Gasteiger partial charge in [0, 0.05) is 50.3 Å². The lowest BCUT2D eigenvalue weighted by molar-refractivity contribution is -0.175. The molecule has 43 heavy (non-hydrogen) atoms. The number of nitrogen functional groups attached to an aromatic ring is 1. The van der Waals surface area contributed by atoms with Gasteiger partial charge in [-0.2, -0.15) is 5.10 Å². The molecule has 222 valence electrons. The summed E-state index contributed by atoms with van der Waals surface area (Å²) in [5, 5.41) is 19.3. The first-order chi connectivity index (χ1) is 20.7. The Hall–Kier alpha value is -5.36. The second kappa shape index (κ2) is 14.0. The van der Waals surface area contributed by atoms with Crippen LogP contribution in [0, 0.1) is 23.5 Å². The Morgan fingerprint density at radius 2 is 1.91 bits per heavy atom. The van der Waals surface area contributed by atoms with Gasteiger partial charge in [0.2, 0.25) is 0 Å². The minimum Gasteiger partial charge on any atom is -0.453 e. The number of ether oxygens (including phenoxy) is 2. The number of carbonyl (C=O) groups excluding carboxylic acids is 2. The van der Waals surface area contributed by atoms with Crippen LogP contribution in [0.4, 0.5) is 26.0 Å². The number of benzene rings is 2.